The van der Waals surface area contributed by atoms with Crippen molar-refractivity contribution in [1.82, 2.24) is 0 Å². The Balaban J connectivity index is 3.96. The van der Waals surface area contributed by atoms with E-state index in [9.17, 15) is 0 Å². The Morgan fingerprint density at radius 1 is 1.36 bits per heavy atom. The second kappa shape index (κ2) is 4.04. The highest BCUT2D eigenvalue weighted by molar-refractivity contribution is 4.84. The summed E-state index contributed by atoms with van der Waals surface area (Å²) in [5, 5.41) is 0. The largest absolute Gasteiger partial charge is 0.372 e. The first kappa shape index (κ1) is 10.9. The molecule has 1 unspecified atom stereocenters. The van der Waals surface area contributed by atoms with Crippen molar-refractivity contribution in [3.63, 3.8) is 0 Å². The predicted octanol–water partition coefficient (Wildman–Crippen LogP) is 0.476. The first-order chi connectivity index (χ1) is 4.88. The maximum atomic E-state index is 5.83. The van der Waals surface area contributed by atoms with Gasteiger partial charge in [-0.3, -0.25) is 0 Å². The van der Waals surface area contributed by atoms with Crippen molar-refractivity contribution >= 4 is 0 Å². The van der Waals surface area contributed by atoms with Crippen molar-refractivity contribution in [2.75, 3.05) is 6.54 Å². The van der Waals surface area contributed by atoms with Crippen molar-refractivity contribution in [2.24, 2.45) is 11.5 Å². The zero-order chi connectivity index (χ0) is 9.07. The first-order valence-corrected chi connectivity index (χ1v) is 4.02. The van der Waals surface area contributed by atoms with Crippen LogP contribution in [0.1, 0.15) is 27.7 Å². The van der Waals surface area contributed by atoms with E-state index in [1.807, 2.05) is 27.7 Å². The highest BCUT2D eigenvalue weighted by Crippen LogP contribution is 2.10. The molecular weight excluding hydrogens is 140 g/mol. The fourth-order valence-electron chi connectivity index (χ4n) is 0.863. The molecule has 0 saturated heterocycles. The molecule has 0 aliphatic heterocycles. The van der Waals surface area contributed by atoms with E-state index in [2.05, 4.69) is 0 Å². The maximum absolute atomic E-state index is 5.83. The van der Waals surface area contributed by atoms with Crippen LogP contribution in [0.15, 0.2) is 0 Å². The van der Waals surface area contributed by atoms with Crippen LogP contribution in [0.5, 0.6) is 0 Å². The summed E-state index contributed by atoms with van der Waals surface area (Å²) < 4.78 is 5.51. The molecule has 4 N–H and O–H groups in total. The Kier molecular flexibility index (Phi) is 4.00. The fourth-order valence-corrected chi connectivity index (χ4v) is 0.863. The van der Waals surface area contributed by atoms with E-state index in [4.69, 9.17) is 16.2 Å². The molecule has 0 aliphatic carbocycles. The van der Waals surface area contributed by atoms with Gasteiger partial charge in [-0.1, -0.05) is 0 Å². The molecule has 0 bridgehead atoms. The molecule has 0 heterocycles. The summed E-state index contributed by atoms with van der Waals surface area (Å²) in [6.07, 6.45) is 0.133. The normalized spacial score (nSPS) is 15.5. The van der Waals surface area contributed by atoms with Gasteiger partial charge in [0.15, 0.2) is 0 Å². The van der Waals surface area contributed by atoms with E-state index < -0.39 is 0 Å². The lowest BCUT2D eigenvalue weighted by Gasteiger charge is -2.30. The minimum absolute atomic E-state index is 0.0532. The van der Waals surface area contributed by atoms with E-state index in [0.717, 1.165) is 0 Å². The monoisotopic (exact) mass is 160 g/mol. The number of nitrogens with two attached hydrogens (primary N) is 2. The predicted molar refractivity (Wildman–Crippen MR) is 47.3 cm³/mol. The maximum Gasteiger partial charge on any atom is 0.0874 e. The van der Waals surface area contributed by atoms with Crippen molar-refractivity contribution in [3.05, 3.63) is 0 Å². The van der Waals surface area contributed by atoms with Crippen LogP contribution in [0, 0.1) is 0 Å². The third kappa shape index (κ3) is 4.35. The van der Waals surface area contributed by atoms with Crippen LogP contribution in [0.2, 0.25) is 0 Å². The summed E-state index contributed by atoms with van der Waals surface area (Å²) in [6, 6.07) is 0. The van der Waals surface area contributed by atoms with Gasteiger partial charge in [0.05, 0.1) is 12.2 Å². The van der Waals surface area contributed by atoms with Crippen molar-refractivity contribution in [2.45, 2.75) is 45.4 Å². The van der Waals surface area contributed by atoms with E-state index in [0.29, 0.717) is 6.54 Å². The quantitative estimate of drug-likeness (QED) is 0.628. The Labute approximate surface area is 69.1 Å². The Bertz CT molecular complexity index is 107. The standard InChI is InChI=1S/C8H20N2O/c1-6(2)11-7(5-9)8(3,4)10/h6-7H,5,9-10H2,1-4H3. The SMILES string of the molecule is CC(C)OC(CN)C(C)(C)N. The number of rotatable bonds is 4. The van der Waals surface area contributed by atoms with Crippen LogP contribution in [-0.2, 0) is 4.74 Å². The van der Waals surface area contributed by atoms with Gasteiger partial charge in [0, 0.05) is 12.1 Å². The summed E-state index contributed by atoms with van der Waals surface area (Å²) in [7, 11) is 0. The molecule has 3 nitrogen and oxygen atoms in total. The molecule has 0 rings (SSSR count). The van der Waals surface area contributed by atoms with Gasteiger partial charge in [0.2, 0.25) is 0 Å². The topological polar surface area (TPSA) is 61.3 Å². The van der Waals surface area contributed by atoms with Crippen LogP contribution >= 0.6 is 0 Å². The molecule has 0 aromatic carbocycles. The molecule has 0 aliphatic rings. The molecule has 0 spiro atoms. The lowest BCUT2D eigenvalue weighted by Crippen LogP contribution is -2.51. The molecule has 3 heteroatoms. The van der Waals surface area contributed by atoms with Crippen molar-refractivity contribution in [1.29, 1.82) is 0 Å². The number of ether oxygens (including phenoxy) is 1. The highest BCUT2D eigenvalue weighted by atomic mass is 16.5. The average Bonchev–Trinajstić information content (AvgIpc) is 1.79. The van der Waals surface area contributed by atoms with Crippen LogP contribution in [0.25, 0.3) is 0 Å². The van der Waals surface area contributed by atoms with Gasteiger partial charge in [0.25, 0.3) is 0 Å². The van der Waals surface area contributed by atoms with E-state index >= 15 is 0 Å². The minimum atomic E-state index is -0.348. The minimum Gasteiger partial charge on any atom is -0.372 e. The van der Waals surface area contributed by atoms with Crippen molar-refractivity contribution in [3.8, 4) is 0 Å². The molecule has 68 valence electrons. The van der Waals surface area contributed by atoms with Crippen LogP contribution < -0.4 is 11.5 Å². The molecule has 0 saturated carbocycles. The lowest BCUT2D eigenvalue weighted by molar-refractivity contribution is -0.0222. The molecular formula is C8H20N2O. The van der Waals surface area contributed by atoms with E-state index in [-0.39, 0.29) is 17.7 Å². The summed E-state index contributed by atoms with van der Waals surface area (Å²) in [5.74, 6) is 0. The zero-order valence-electron chi connectivity index (χ0n) is 7.92. The third-order valence-electron chi connectivity index (χ3n) is 1.48. The number of hydrogen-bond acceptors (Lipinski definition) is 3. The van der Waals surface area contributed by atoms with Gasteiger partial charge >= 0.3 is 0 Å². The van der Waals surface area contributed by atoms with Crippen LogP contribution in [0.3, 0.4) is 0 Å². The average molecular weight is 160 g/mol. The smallest absolute Gasteiger partial charge is 0.0874 e. The molecule has 1 atom stereocenters. The highest BCUT2D eigenvalue weighted by Gasteiger charge is 2.25. The lowest BCUT2D eigenvalue weighted by atomic mass is 9.99. The first-order valence-electron chi connectivity index (χ1n) is 4.02. The molecule has 0 amide bonds. The summed E-state index contributed by atoms with van der Waals surface area (Å²) in [4.78, 5) is 0. The Morgan fingerprint density at radius 3 is 1.91 bits per heavy atom. The van der Waals surface area contributed by atoms with E-state index in [1.165, 1.54) is 0 Å². The van der Waals surface area contributed by atoms with Gasteiger partial charge in [-0.15, -0.1) is 0 Å². The Morgan fingerprint density at radius 2 is 1.82 bits per heavy atom. The Hall–Kier alpha value is -0.120. The summed E-state index contributed by atoms with van der Waals surface area (Å²) in [6.45, 7) is 8.28. The summed E-state index contributed by atoms with van der Waals surface area (Å²) >= 11 is 0. The van der Waals surface area contributed by atoms with Gasteiger partial charge in [-0.05, 0) is 27.7 Å². The van der Waals surface area contributed by atoms with Gasteiger partial charge in [0.1, 0.15) is 0 Å². The van der Waals surface area contributed by atoms with Gasteiger partial charge < -0.3 is 16.2 Å². The fraction of sp³-hybridized carbons (Fsp3) is 1.00. The van der Waals surface area contributed by atoms with Crippen molar-refractivity contribution < 1.29 is 4.74 Å². The zero-order valence-corrected chi connectivity index (χ0v) is 7.92. The van der Waals surface area contributed by atoms with Gasteiger partial charge in [-0.2, -0.15) is 0 Å². The van der Waals surface area contributed by atoms with Crippen LogP contribution in [0.4, 0.5) is 0 Å². The molecule has 0 aromatic heterocycles. The number of hydrogen-bond donors (Lipinski definition) is 2. The molecule has 11 heavy (non-hydrogen) atoms. The van der Waals surface area contributed by atoms with Crippen LogP contribution in [-0.4, -0.2) is 24.3 Å². The molecule has 0 radical (unpaired) electrons. The second-order valence-corrected chi connectivity index (χ2v) is 3.73. The van der Waals surface area contributed by atoms with Gasteiger partial charge in [-0.25, -0.2) is 0 Å². The summed E-state index contributed by atoms with van der Waals surface area (Å²) in [5.41, 5.74) is 11.0. The second-order valence-electron chi connectivity index (χ2n) is 3.73. The molecule has 0 aromatic rings. The molecule has 0 fully saturated rings. The third-order valence-corrected chi connectivity index (χ3v) is 1.48. The van der Waals surface area contributed by atoms with E-state index in [1.54, 1.807) is 0 Å².